The van der Waals surface area contributed by atoms with E-state index in [1.165, 1.54) is 43.4 Å². The molecule has 29 heavy (non-hydrogen) atoms. The number of ether oxygens (including phenoxy) is 1. The van der Waals surface area contributed by atoms with Crippen LogP contribution in [0, 0.1) is 0 Å². The lowest BCUT2D eigenvalue weighted by Crippen LogP contribution is -2.18. The first-order valence-corrected chi connectivity index (χ1v) is 11.3. The highest BCUT2D eigenvalue weighted by atomic mass is 32.1. The van der Waals surface area contributed by atoms with Crippen LogP contribution < -0.4 is 21.1 Å². The Hall–Kier alpha value is -2.27. The summed E-state index contributed by atoms with van der Waals surface area (Å²) in [5, 5.41) is 6.86. The number of nitrogens with two attached hydrogens (primary N) is 1. The molecular weight excluding hydrogens is 378 g/mol. The van der Waals surface area contributed by atoms with E-state index in [4.69, 9.17) is 22.7 Å². The normalized spacial score (nSPS) is 14.3. The summed E-state index contributed by atoms with van der Waals surface area (Å²) < 4.78 is 5.85. The summed E-state index contributed by atoms with van der Waals surface area (Å²) in [7, 11) is 0. The summed E-state index contributed by atoms with van der Waals surface area (Å²) in [6, 6.07) is 16.6. The second-order valence-corrected chi connectivity index (χ2v) is 8.21. The lowest BCUT2D eigenvalue weighted by atomic mass is 9.83. The maximum absolute atomic E-state index is 5.85. The van der Waals surface area contributed by atoms with Gasteiger partial charge in [-0.1, -0.05) is 43.5 Å². The summed E-state index contributed by atoms with van der Waals surface area (Å²) in [5.74, 6) is 1.57. The van der Waals surface area contributed by atoms with E-state index in [0.717, 1.165) is 49.8 Å². The fraction of sp³-hybridized carbons (Fsp3) is 0.458. The molecule has 3 rings (SSSR count). The van der Waals surface area contributed by atoms with Gasteiger partial charge >= 0.3 is 0 Å². The van der Waals surface area contributed by atoms with E-state index in [0.29, 0.717) is 0 Å². The second-order valence-electron chi connectivity index (χ2n) is 7.78. The number of rotatable bonds is 10. The van der Waals surface area contributed by atoms with E-state index >= 15 is 0 Å². The molecule has 2 aromatic carbocycles. The Morgan fingerprint density at radius 1 is 1.00 bits per heavy atom. The second kappa shape index (κ2) is 11.7. The van der Waals surface area contributed by atoms with Crippen molar-refractivity contribution in [3.8, 4) is 5.75 Å². The van der Waals surface area contributed by atoms with Crippen LogP contribution in [0.4, 0.5) is 11.4 Å². The van der Waals surface area contributed by atoms with Crippen LogP contribution in [-0.2, 0) is 0 Å². The molecule has 0 bridgehead atoms. The number of unbranched alkanes of at least 4 members (excludes halogenated alkanes) is 2. The summed E-state index contributed by atoms with van der Waals surface area (Å²) in [5.41, 5.74) is 9.21. The van der Waals surface area contributed by atoms with Crippen LogP contribution in [-0.4, -0.2) is 18.3 Å². The van der Waals surface area contributed by atoms with E-state index in [2.05, 4.69) is 34.9 Å². The first kappa shape index (κ1) is 21.4. The maximum Gasteiger partial charge on any atom is 0.168 e. The third-order valence-electron chi connectivity index (χ3n) is 5.51. The molecule has 0 atom stereocenters. The zero-order valence-electron chi connectivity index (χ0n) is 17.2. The van der Waals surface area contributed by atoms with Gasteiger partial charge in [-0.25, -0.2) is 0 Å². The Kier molecular flexibility index (Phi) is 8.62. The minimum absolute atomic E-state index is 0.264. The van der Waals surface area contributed by atoms with Crippen molar-refractivity contribution in [3.05, 3.63) is 54.1 Å². The predicted molar refractivity (Wildman–Crippen MR) is 127 cm³/mol. The Morgan fingerprint density at radius 3 is 2.66 bits per heavy atom. The van der Waals surface area contributed by atoms with Crippen molar-refractivity contribution in [3.63, 3.8) is 0 Å². The van der Waals surface area contributed by atoms with Gasteiger partial charge in [-0.3, -0.25) is 0 Å². The van der Waals surface area contributed by atoms with Gasteiger partial charge in [0, 0.05) is 24.0 Å². The minimum Gasteiger partial charge on any atom is -0.494 e. The monoisotopic (exact) mass is 411 g/mol. The zero-order valence-corrected chi connectivity index (χ0v) is 18.0. The number of hydrogen-bond acceptors (Lipinski definition) is 3. The van der Waals surface area contributed by atoms with Gasteiger partial charge in [-0.2, -0.15) is 0 Å². The Morgan fingerprint density at radius 2 is 1.83 bits per heavy atom. The van der Waals surface area contributed by atoms with E-state index in [9.17, 15) is 0 Å². The van der Waals surface area contributed by atoms with Crippen molar-refractivity contribution in [1.29, 1.82) is 0 Å². The van der Waals surface area contributed by atoms with Gasteiger partial charge in [0.25, 0.3) is 0 Å². The molecule has 0 unspecified atom stereocenters. The third-order valence-corrected chi connectivity index (χ3v) is 5.61. The van der Waals surface area contributed by atoms with Crippen LogP contribution in [0.15, 0.2) is 48.5 Å². The van der Waals surface area contributed by atoms with Crippen molar-refractivity contribution in [2.24, 2.45) is 5.73 Å². The smallest absolute Gasteiger partial charge is 0.168 e. The highest BCUT2D eigenvalue weighted by molar-refractivity contribution is 7.80. The summed E-state index contributed by atoms with van der Waals surface area (Å²) >= 11 is 4.87. The zero-order chi connectivity index (χ0) is 20.3. The average molecular weight is 412 g/mol. The van der Waals surface area contributed by atoms with Crippen LogP contribution in [0.5, 0.6) is 5.75 Å². The van der Waals surface area contributed by atoms with Crippen LogP contribution in [0.25, 0.3) is 0 Å². The molecule has 0 aliphatic heterocycles. The number of nitrogens with one attached hydrogen (secondary N) is 2. The average Bonchev–Trinajstić information content (AvgIpc) is 2.74. The number of thiocarbonyl (C=S) groups is 1. The molecule has 1 saturated carbocycles. The molecule has 0 radical (unpaired) electrons. The van der Waals surface area contributed by atoms with Crippen molar-refractivity contribution in [2.45, 2.75) is 57.3 Å². The van der Waals surface area contributed by atoms with Crippen molar-refractivity contribution in [2.75, 3.05) is 23.8 Å². The summed E-state index contributed by atoms with van der Waals surface area (Å²) in [6.07, 6.45) is 10.1. The van der Waals surface area contributed by atoms with Gasteiger partial charge < -0.3 is 21.1 Å². The molecule has 1 fully saturated rings. The van der Waals surface area contributed by atoms with Gasteiger partial charge in [0.1, 0.15) is 5.75 Å². The molecular formula is C24H33N3OS. The van der Waals surface area contributed by atoms with E-state index in [1.54, 1.807) is 0 Å². The third kappa shape index (κ3) is 7.24. The molecule has 156 valence electrons. The topological polar surface area (TPSA) is 59.3 Å². The largest absolute Gasteiger partial charge is 0.494 e. The van der Waals surface area contributed by atoms with E-state index in [-0.39, 0.29) is 5.11 Å². The Balaban J connectivity index is 1.34. The van der Waals surface area contributed by atoms with Gasteiger partial charge in [-0.05, 0) is 74.0 Å². The first-order valence-electron chi connectivity index (χ1n) is 10.8. The minimum atomic E-state index is 0.264. The van der Waals surface area contributed by atoms with Gasteiger partial charge in [0.05, 0.1) is 6.61 Å². The standard InChI is InChI=1S/C24H33N3OS/c25-24(29)27-20-12-9-13-21(18-20)28-17-8-2-7-16-26-23-15-6-5-14-22(23)19-10-3-1-4-11-19/h5-6,9,12-15,18-19,26H,1-4,7-8,10-11,16-17H2,(H3,25,27,29). The Labute approximate surface area is 180 Å². The fourth-order valence-corrected chi connectivity index (χ4v) is 4.17. The molecule has 1 aliphatic carbocycles. The molecule has 0 saturated heterocycles. The van der Waals surface area contributed by atoms with Crippen LogP contribution >= 0.6 is 12.2 Å². The van der Waals surface area contributed by atoms with Crippen LogP contribution in [0.1, 0.15) is 62.8 Å². The lowest BCUT2D eigenvalue weighted by Gasteiger charge is -2.24. The fourth-order valence-electron chi connectivity index (χ4n) is 4.05. The predicted octanol–water partition coefficient (Wildman–Crippen LogP) is 6.05. The SMILES string of the molecule is NC(=S)Nc1cccc(OCCCCCNc2ccccc2C2CCCCC2)c1. The van der Waals surface area contributed by atoms with Crippen molar-refractivity contribution >= 4 is 28.7 Å². The van der Waals surface area contributed by atoms with Crippen molar-refractivity contribution < 1.29 is 4.74 Å². The van der Waals surface area contributed by atoms with Crippen LogP contribution in [0.3, 0.4) is 0 Å². The maximum atomic E-state index is 5.85. The summed E-state index contributed by atoms with van der Waals surface area (Å²) in [4.78, 5) is 0. The molecule has 0 amide bonds. The summed E-state index contributed by atoms with van der Waals surface area (Å²) in [6.45, 7) is 1.73. The molecule has 5 heteroatoms. The lowest BCUT2D eigenvalue weighted by molar-refractivity contribution is 0.306. The molecule has 1 aliphatic rings. The molecule has 0 heterocycles. The number of para-hydroxylation sites is 1. The molecule has 4 nitrogen and oxygen atoms in total. The van der Waals surface area contributed by atoms with Gasteiger partial charge in [-0.15, -0.1) is 0 Å². The van der Waals surface area contributed by atoms with Crippen molar-refractivity contribution in [1.82, 2.24) is 0 Å². The highest BCUT2D eigenvalue weighted by Gasteiger charge is 2.17. The van der Waals surface area contributed by atoms with E-state index in [1.807, 2.05) is 24.3 Å². The number of anilines is 2. The molecule has 4 N–H and O–H groups in total. The molecule has 2 aromatic rings. The first-order chi connectivity index (χ1) is 14.2. The van der Waals surface area contributed by atoms with Crippen LogP contribution in [0.2, 0.25) is 0 Å². The number of benzene rings is 2. The molecule has 0 spiro atoms. The van der Waals surface area contributed by atoms with E-state index < -0.39 is 0 Å². The Bertz CT molecular complexity index is 774. The van der Waals surface area contributed by atoms with Gasteiger partial charge in [0.15, 0.2) is 5.11 Å². The highest BCUT2D eigenvalue weighted by Crippen LogP contribution is 2.36. The number of hydrogen-bond donors (Lipinski definition) is 3. The molecule has 0 aromatic heterocycles. The van der Waals surface area contributed by atoms with Gasteiger partial charge in [0.2, 0.25) is 0 Å². The quantitative estimate of drug-likeness (QED) is 0.328.